The van der Waals surface area contributed by atoms with Crippen LogP contribution in [0.3, 0.4) is 0 Å². The summed E-state index contributed by atoms with van der Waals surface area (Å²) in [5, 5.41) is 8.33. The molecule has 0 aromatic heterocycles. The van der Waals surface area contributed by atoms with Gasteiger partial charge in [0.2, 0.25) is 0 Å². The molecule has 0 heterocycles. The molecule has 0 spiro atoms. The molecule has 0 aromatic carbocycles. The summed E-state index contributed by atoms with van der Waals surface area (Å²) in [5.74, 6) is -0.208. The van der Waals surface area contributed by atoms with Crippen molar-refractivity contribution >= 4 is 5.97 Å². The molecular formula is C11H16O2. The summed E-state index contributed by atoms with van der Waals surface area (Å²) in [5.41, 5.74) is 0. The summed E-state index contributed by atoms with van der Waals surface area (Å²) >= 11 is 0. The summed E-state index contributed by atoms with van der Waals surface area (Å²) in [4.78, 5) is 10.1. The van der Waals surface area contributed by atoms with Gasteiger partial charge in [0.15, 0.2) is 0 Å². The van der Waals surface area contributed by atoms with Crippen LogP contribution in [0.2, 0.25) is 0 Å². The Bertz CT molecular complexity index is 210. The first kappa shape index (κ1) is 10.0. The maximum absolute atomic E-state index is 10.1. The Morgan fingerprint density at radius 1 is 1.15 bits per heavy atom. The molecule has 1 N–H and O–H groups in total. The first-order chi connectivity index (χ1) is 6.29. The van der Waals surface area contributed by atoms with Crippen LogP contribution in [0.25, 0.3) is 0 Å². The van der Waals surface area contributed by atoms with E-state index in [4.69, 9.17) is 5.11 Å². The van der Waals surface area contributed by atoms with Gasteiger partial charge in [-0.3, -0.25) is 0 Å². The van der Waals surface area contributed by atoms with Crippen LogP contribution >= 0.6 is 0 Å². The maximum atomic E-state index is 10.1. The van der Waals surface area contributed by atoms with Crippen molar-refractivity contribution in [3.05, 3.63) is 24.3 Å². The number of rotatable bonds is 3. The Morgan fingerprint density at radius 3 is 2.46 bits per heavy atom. The SMILES string of the molecule is O=C(O)/C=C/C=C/C1CCCCC1. The highest BCUT2D eigenvalue weighted by Crippen LogP contribution is 2.24. The van der Waals surface area contributed by atoms with E-state index in [0.717, 1.165) is 0 Å². The van der Waals surface area contributed by atoms with Gasteiger partial charge in [-0.15, -0.1) is 0 Å². The lowest BCUT2D eigenvalue weighted by molar-refractivity contribution is -0.131. The van der Waals surface area contributed by atoms with Crippen LogP contribution in [0.4, 0.5) is 0 Å². The summed E-state index contributed by atoms with van der Waals surface area (Å²) in [6.45, 7) is 0. The van der Waals surface area contributed by atoms with Gasteiger partial charge in [0.1, 0.15) is 0 Å². The molecule has 1 aliphatic rings. The molecule has 13 heavy (non-hydrogen) atoms. The largest absolute Gasteiger partial charge is 0.478 e. The fourth-order valence-corrected chi connectivity index (χ4v) is 1.69. The van der Waals surface area contributed by atoms with Crippen molar-refractivity contribution in [3.63, 3.8) is 0 Å². The van der Waals surface area contributed by atoms with Crippen molar-refractivity contribution in [2.45, 2.75) is 32.1 Å². The molecule has 72 valence electrons. The van der Waals surface area contributed by atoms with Gasteiger partial charge in [-0.05, 0) is 18.8 Å². The third kappa shape index (κ3) is 4.51. The maximum Gasteiger partial charge on any atom is 0.328 e. The predicted molar refractivity (Wildman–Crippen MR) is 52.5 cm³/mol. The van der Waals surface area contributed by atoms with Crippen LogP contribution in [0.5, 0.6) is 0 Å². The molecule has 1 aliphatic carbocycles. The minimum atomic E-state index is -0.881. The lowest BCUT2D eigenvalue weighted by Crippen LogP contribution is -2.02. The molecule has 1 saturated carbocycles. The number of carbonyl (C=O) groups is 1. The van der Waals surface area contributed by atoms with Crippen molar-refractivity contribution in [2.24, 2.45) is 5.92 Å². The minimum absolute atomic E-state index is 0.673. The highest BCUT2D eigenvalue weighted by molar-refractivity contribution is 5.80. The monoisotopic (exact) mass is 180 g/mol. The van der Waals surface area contributed by atoms with Crippen molar-refractivity contribution in [2.75, 3.05) is 0 Å². The lowest BCUT2D eigenvalue weighted by atomic mass is 9.89. The highest BCUT2D eigenvalue weighted by atomic mass is 16.4. The molecule has 2 heteroatoms. The summed E-state index contributed by atoms with van der Waals surface area (Å²) < 4.78 is 0. The first-order valence-corrected chi connectivity index (χ1v) is 4.87. The Kier molecular flexibility index (Phi) is 4.30. The predicted octanol–water partition coefficient (Wildman–Crippen LogP) is 2.76. The quantitative estimate of drug-likeness (QED) is 0.535. The summed E-state index contributed by atoms with van der Waals surface area (Å²) in [6, 6.07) is 0. The number of carboxylic acid groups (broad SMARTS) is 1. The van der Waals surface area contributed by atoms with Crippen molar-refractivity contribution in [1.29, 1.82) is 0 Å². The van der Waals surface area contributed by atoms with E-state index >= 15 is 0 Å². The lowest BCUT2D eigenvalue weighted by Gasteiger charge is -2.17. The van der Waals surface area contributed by atoms with Crippen LogP contribution in [-0.4, -0.2) is 11.1 Å². The second kappa shape index (κ2) is 5.57. The van der Waals surface area contributed by atoms with Crippen LogP contribution in [-0.2, 0) is 4.79 Å². The third-order valence-corrected chi connectivity index (χ3v) is 2.38. The second-order valence-electron chi connectivity index (χ2n) is 3.48. The molecular weight excluding hydrogens is 164 g/mol. The van der Waals surface area contributed by atoms with Crippen molar-refractivity contribution in [1.82, 2.24) is 0 Å². The van der Waals surface area contributed by atoms with Crippen molar-refractivity contribution in [3.8, 4) is 0 Å². The van der Waals surface area contributed by atoms with Gasteiger partial charge in [-0.25, -0.2) is 4.79 Å². The van der Waals surface area contributed by atoms with E-state index in [-0.39, 0.29) is 0 Å². The standard InChI is InChI=1S/C11H16O2/c12-11(13)9-5-4-8-10-6-2-1-3-7-10/h4-5,8-10H,1-3,6-7H2,(H,12,13)/b8-4+,9-5+. The molecule has 1 rings (SSSR count). The van der Waals surface area contributed by atoms with Crippen LogP contribution < -0.4 is 0 Å². The Labute approximate surface area is 79.0 Å². The van der Waals surface area contributed by atoms with Crippen LogP contribution in [0.1, 0.15) is 32.1 Å². The third-order valence-electron chi connectivity index (χ3n) is 2.38. The smallest absolute Gasteiger partial charge is 0.328 e. The van der Waals surface area contributed by atoms with Gasteiger partial charge in [0.05, 0.1) is 0 Å². The molecule has 0 atom stereocenters. The Hall–Kier alpha value is -1.05. The highest BCUT2D eigenvalue weighted by Gasteiger charge is 2.08. The van der Waals surface area contributed by atoms with E-state index < -0.39 is 5.97 Å². The number of allylic oxidation sites excluding steroid dienone is 3. The van der Waals surface area contributed by atoms with E-state index in [2.05, 4.69) is 6.08 Å². The normalized spacial score (nSPS) is 20.0. The molecule has 0 saturated heterocycles. The fourth-order valence-electron chi connectivity index (χ4n) is 1.69. The minimum Gasteiger partial charge on any atom is -0.478 e. The van der Waals surface area contributed by atoms with E-state index in [0.29, 0.717) is 5.92 Å². The van der Waals surface area contributed by atoms with Gasteiger partial charge in [-0.1, -0.05) is 37.5 Å². The van der Waals surface area contributed by atoms with E-state index in [1.54, 1.807) is 6.08 Å². The van der Waals surface area contributed by atoms with Gasteiger partial charge < -0.3 is 5.11 Å². The first-order valence-electron chi connectivity index (χ1n) is 4.87. The number of carboxylic acids is 1. The Balaban J connectivity index is 2.25. The number of hydrogen-bond acceptors (Lipinski definition) is 1. The fraction of sp³-hybridized carbons (Fsp3) is 0.545. The zero-order chi connectivity index (χ0) is 9.52. The molecule has 0 radical (unpaired) electrons. The van der Waals surface area contributed by atoms with Crippen molar-refractivity contribution < 1.29 is 9.90 Å². The molecule has 0 aliphatic heterocycles. The van der Waals surface area contributed by atoms with Gasteiger partial charge in [-0.2, -0.15) is 0 Å². The summed E-state index contributed by atoms with van der Waals surface area (Å²) in [6.07, 6.45) is 13.2. The van der Waals surface area contributed by atoms with Gasteiger partial charge >= 0.3 is 5.97 Å². The van der Waals surface area contributed by atoms with E-state index in [1.165, 1.54) is 38.2 Å². The molecule has 0 unspecified atom stereocenters. The van der Waals surface area contributed by atoms with Crippen LogP contribution in [0.15, 0.2) is 24.3 Å². The Morgan fingerprint density at radius 2 is 1.85 bits per heavy atom. The van der Waals surface area contributed by atoms with E-state index in [9.17, 15) is 4.79 Å². The number of hydrogen-bond donors (Lipinski definition) is 1. The topological polar surface area (TPSA) is 37.3 Å². The second-order valence-corrected chi connectivity index (χ2v) is 3.48. The van der Waals surface area contributed by atoms with Crippen LogP contribution in [0, 0.1) is 5.92 Å². The van der Waals surface area contributed by atoms with Gasteiger partial charge in [0.25, 0.3) is 0 Å². The number of aliphatic carboxylic acids is 1. The van der Waals surface area contributed by atoms with Gasteiger partial charge in [0, 0.05) is 6.08 Å². The molecule has 0 aromatic rings. The molecule has 0 bridgehead atoms. The average Bonchev–Trinajstić information content (AvgIpc) is 2.14. The zero-order valence-electron chi connectivity index (χ0n) is 7.78. The molecule has 1 fully saturated rings. The molecule has 0 amide bonds. The summed E-state index contributed by atoms with van der Waals surface area (Å²) in [7, 11) is 0. The van der Waals surface area contributed by atoms with E-state index in [1.807, 2.05) is 6.08 Å². The molecule has 2 nitrogen and oxygen atoms in total. The average molecular weight is 180 g/mol. The zero-order valence-corrected chi connectivity index (χ0v) is 7.78.